The average molecular weight is 255 g/mol. The molecule has 2 rings (SSSR count). The third-order valence-electron chi connectivity index (χ3n) is 2.77. The lowest BCUT2D eigenvalue weighted by Crippen LogP contribution is -2.05. The summed E-state index contributed by atoms with van der Waals surface area (Å²) in [5.41, 5.74) is 6.84. The molecule has 1 heterocycles. The lowest BCUT2D eigenvalue weighted by Gasteiger charge is -2.11. The van der Waals surface area contributed by atoms with E-state index in [-0.39, 0.29) is 6.54 Å². The molecule has 2 aromatic rings. The molecule has 18 heavy (non-hydrogen) atoms. The SMILES string of the molecule is Cc1cc(C(F)(F)F)ccc1-c1ccoc1CN. The summed E-state index contributed by atoms with van der Waals surface area (Å²) in [6.45, 7) is 1.85. The van der Waals surface area contributed by atoms with Gasteiger partial charge in [-0.1, -0.05) is 6.07 Å². The molecular formula is C13H12F3NO. The van der Waals surface area contributed by atoms with Crippen molar-refractivity contribution >= 4 is 0 Å². The lowest BCUT2D eigenvalue weighted by molar-refractivity contribution is -0.137. The Balaban J connectivity index is 2.48. The molecule has 1 aromatic carbocycles. The van der Waals surface area contributed by atoms with Crippen molar-refractivity contribution < 1.29 is 17.6 Å². The maximum absolute atomic E-state index is 12.5. The van der Waals surface area contributed by atoms with Crippen molar-refractivity contribution in [3.63, 3.8) is 0 Å². The fraction of sp³-hybridized carbons (Fsp3) is 0.231. The number of aryl methyl sites for hydroxylation is 1. The fourth-order valence-electron chi connectivity index (χ4n) is 1.88. The number of alkyl halides is 3. The first kappa shape index (κ1) is 12.7. The molecule has 0 radical (unpaired) electrons. The number of hydrogen-bond donors (Lipinski definition) is 1. The van der Waals surface area contributed by atoms with Gasteiger partial charge in [0.1, 0.15) is 5.76 Å². The molecule has 5 heteroatoms. The Labute approximate surface area is 102 Å². The van der Waals surface area contributed by atoms with E-state index in [0.29, 0.717) is 16.9 Å². The highest BCUT2D eigenvalue weighted by molar-refractivity contribution is 5.69. The molecule has 0 spiro atoms. The Kier molecular flexibility index (Phi) is 3.17. The zero-order valence-corrected chi connectivity index (χ0v) is 9.71. The Morgan fingerprint density at radius 3 is 2.44 bits per heavy atom. The first-order valence-corrected chi connectivity index (χ1v) is 5.38. The van der Waals surface area contributed by atoms with Crippen molar-refractivity contribution in [1.29, 1.82) is 0 Å². The number of furan rings is 1. The Morgan fingerprint density at radius 1 is 1.17 bits per heavy atom. The van der Waals surface area contributed by atoms with Crippen LogP contribution in [0.3, 0.4) is 0 Å². The molecule has 1 aromatic heterocycles. The number of hydrogen-bond acceptors (Lipinski definition) is 2. The molecule has 0 amide bonds. The Morgan fingerprint density at radius 2 is 1.89 bits per heavy atom. The van der Waals surface area contributed by atoms with E-state index in [1.54, 1.807) is 13.0 Å². The first-order valence-electron chi connectivity index (χ1n) is 5.38. The van der Waals surface area contributed by atoms with Gasteiger partial charge in [-0.05, 0) is 36.2 Å². The highest BCUT2D eigenvalue weighted by atomic mass is 19.4. The van der Waals surface area contributed by atoms with E-state index >= 15 is 0 Å². The van der Waals surface area contributed by atoms with Crippen LogP contribution in [-0.2, 0) is 12.7 Å². The summed E-state index contributed by atoms with van der Waals surface area (Å²) in [5, 5.41) is 0. The molecule has 0 fully saturated rings. The topological polar surface area (TPSA) is 39.2 Å². The molecule has 0 unspecified atom stereocenters. The molecule has 96 valence electrons. The van der Waals surface area contributed by atoms with Gasteiger partial charge in [-0.15, -0.1) is 0 Å². The minimum atomic E-state index is -4.32. The third kappa shape index (κ3) is 2.26. The van der Waals surface area contributed by atoms with Gasteiger partial charge in [-0.3, -0.25) is 0 Å². The monoisotopic (exact) mass is 255 g/mol. The van der Waals surface area contributed by atoms with Crippen LogP contribution in [0.2, 0.25) is 0 Å². The molecular weight excluding hydrogens is 243 g/mol. The number of rotatable bonds is 2. The van der Waals surface area contributed by atoms with E-state index < -0.39 is 11.7 Å². The van der Waals surface area contributed by atoms with Crippen LogP contribution in [0.15, 0.2) is 34.9 Å². The summed E-state index contributed by atoms with van der Waals surface area (Å²) in [4.78, 5) is 0. The van der Waals surface area contributed by atoms with Crippen LogP contribution in [-0.4, -0.2) is 0 Å². The van der Waals surface area contributed by atoms with Crippen LogP contribution in [0.5, 0.6) is 0 Å². The second kappa shape index (κ2) is 4.49. The molecule has 0 aliphatic carbocycles. The summed E-state index contributed by atoms with van der Waals surface area (Å²) >= 11 is 0. The minimum Gasteiger partial charge on any atom is -0.467 e. The van der Waals surface area contributed by atoms with Crippen molar-refractivity contribution in [2.75, 3.05) is 0 Å². The molecule has 0 saturated carbocycles. The van der Waals surface area contributed by atoms with Crippen LogP contribution in [0, 0.1) is 6.92 Å². The van der Waals surface area contributed by atoms with E-state index in [4.69, 9.17) is 10.2 Å². The second-order valence-electron chi connectivity index (χ2n) is 3.99. The fourth-order valence-corrected chi connectivity index (χ4v) is 1.88. The summed E-state index contributed by atoms with van der Waals surface area (Å²) in [6.07, 6.45) is -2.84. The van der Waals surface area contributed by atoms with Crippen LogP contribution >= 0.6 is 0 Å². The van der Waals surface area contributed by atoms with Gasteiger partial charge in [-0.25, -0.2) is 0 Å². The number of nitrogens with two attached hydrogens (primary N) is 1. The summed E-state index contributed by atoms with van der Waals surface area (Å²) < 4.78 is 42.8. The highest BCUT2D eigenvalue weighted by Crippen LogP contribution is 2.34. The Hall–Kier alpha value is -1.75. The van der Waals surface area contributed by atoms with Crippen molar-refractivity contribution in [1.82, 2.24) is 0 Å². The molecule has 0 aliphatic rings. The maximum Gasteiger partial charge on any atom is 0.416 e. The predicted octanol–water partition coefficient (Wildman–Crippen LogP) is 3.73. The van der Waals surface area contributed by atoms with E-state index in [1.165, 1.54) is 12.3 Å². The highest BCUT2D eigenvalue weighted by Gasteiger charge is 2.30. The van der Waals surface area contributed by atoms with Crippen molar-refractivity contribution in [2.45, 2.75) is 19.6 Å². The van der Waals surface area contributed by atoms with Gasteiger partial charge in [-0.2, -0.15) is 13.2 Å². The van der Waals surface area contributed by atoms with Gasteiger partial charge in [0.05, 0.1) is 18.4 Å². The van der Waals surface area contributed by atoms with Gasteiger partial charge in [0.15, 0.2) is 0 Å². The zero-order valence-electron chi connectivity index (χ0n) is 9.71. The van der Waals surface area contributed by atoms with Crippen LogP contribution < -0.4 is 5.73 Å². The number of halogens is 3. The number of benzene rings is 1. The van der Waals surface area contributed by atoms with E-state index in [2.05, 4.69) is 0 Å². The quantitative estimate of drug-likeness (QED) is 0.888. The van der Waals surface area contributed by atoms with Crippen LogP contribution in [0.25, 0.3) is 11.1 Å². The first-order chi connectivity index (χ1) is 8.43. The molecule has 0 bridgehead atoms. The average Bonchev–Trinajstić information content (AvgIpc) is 2.75. The van der Waals surface area contributed by atoms with Gasteiger partial charge in [0, 0.05) is 5.56 Å². The molecule has 0 saturated heterocycles. The summed E-state index contributed by atoms with van der Waals surface area (Å²) in [5.74, 6) is 0.567. The zero-order chi connectivity index (χ0) is 13.3. The largest absolute Gasteiger partial charge is 0.467 e. The van der Waals surface area contributed by atoms with Crippen molar-refractivity contribution in [2.24, 2.45) is 5.73 Å². The lowest BCUT2D eigenvalue weighted by atomic mass is 9.98. The van der Waals surface area contributed by atoms with Crippen LogP contribution in [0.4, 0.5) is 13.2 Å². The van der Waals surface area contributed by atoms with Gasteiger partial charge in [0.25, 0.3) is 0 Å². The smallest absolute Gasteiger partial charge is 0.416 e. The summed E-state index contributed by atoms with van der Waals surface area (Å²) in [7, 11) is 0. The molecule has 2 N–H and O–H groups in total. The van der Waals surface area contributed by atoms with Crippen molar-refractivity contribution in [3.05, 3.63) is 47.4 Å². The minimum absolute atomic E-state index is 0.211. The van der Waals surface area contributed by atoms with E-state index in [1.807, 2.05) is 0 Å². The molecule has 0 atom stereocenters. The maximum atomic E-state index is 12.5. The summed E-state index contributed by atoms with van der Waals surface area (Å²) in [6, 6.07) is 5.35. The Bertz CT molecular complexity index is 558. The van der Waals surface area contributed by atoms with Crippen molar-refractivity contribution in [3.8, 4) is 11.1 Å². The molecule has 0 aliphatic heterocycles. The van der Waals surface area contributed by atoms with E-state index in [9.17, 15) is 13.2 Å². The standard InChI is InChI=1S/C13H12F3NO/c1-8-6-9(13(14,15)16)2-3-10(8)11-4-5-18-12(11)7-17/h2-6H,7,17H2,1H3. The van der Waals surface area contributed by atoms with E-state index in [0.717, 1.165) is 17.7 Å². The predicted molar refractivity (Wildman–Crippen MR) is 61.8 cm³/mol. The van der Waals surface area contributed by atoms with Crippen LogP contribution in [0.1, 0.15) is 16.9 Å². The molecule has 2 nitrogen and oxygen atoms in total. The third-order valence-corrected chi connectivity index (χ3v) is 2.77. The second-order valence-corrected chi connectivity index (χ2v) is 3.99. The van der Waals surface area contributed by atoms with Gasteiger partial charge >= 0.3 is 6.18 Å². The van der Waals surface area contributed by atoms with Gasteiger partial charge < -0.3 is 10.2 Å². The van der Waals surface area contributed by atoms with Gasteiger partial charge in [0.2, 0.25) is 0 Å². The normalized spacial score (nSPS) is 11.8.